The van der Waals surface area contributed by atoms with Gasteiger partial charge in [-0.2, -0.15) is 0 Å². The van der Waals surface area contributed by atoms with E-state index in [1.807, 2.05) is 0 Å². The molecule has 0 fully saturated rings. The number of sulfonamides is 1. The van der Waals surface area contributed by atoms with Crippen LogP contribution in [0.15, 0.2) is 23.4 Å². The van der Waals surface area contributed by atoms with Crippen LogP contribution in [0, 0.1) is 6.92 Å². The molecule has 1 aromatic carbocycles. The van der Waals surface area contributed by atoms with Crippen LogP contribution in [0.4, 0.5) is 0 Å². The molecule has 0 amide bonds. The number of halogens is 1. The molecule has 0 aliphatic rings. The summed E-state index contributed by atoms with van der Waals surface area (Å²) in [6.45, 7) is 1.34. The first-order valence-electron chi connectivity index (χ1n) is 6.08. The highest BCUT2D eigenvalue weighted by Crippen LogP contribution is 2.24. The second-order valence-electron chi connectivity index (χ2n) is 4.56. The van der Waals surface area contributed by atoms with E-state index in [0.29, 0.717) is 5.82 Å². The number of benzene rings is 1. The number of aromatic carboxylic acids is 1. The number of carboxylic acids is 1. The minimum absolute atomic E-state index is 0.0297. The SMILES string of the molecule is Cc1c(C(=O)O)cc(Cl)cc1S(=O)(=O)NCc1nncn1C. The zero-order valence-electron chi connectivity index (χ0n) is 11.7. The van der Waals surface area contributed by atoms with E-state index in [0.717, 1.165) is 0 Å². The van der Waals surface area contributed by atoms with E-state index in [1.165, 1.54) is 25.4 Å². The smallest absolute Gasteiger partial charge is 0.336 e. The maximum Gasteiger partial charge on any atom is 0.336 e. The first kappa shape index (κ1) is 16.4. The van der Waals surface area contributed by atoms with Crippen molar-refractivity contribution in [3.05, 3.63) is 40.4 Å². The molecule has 22 heavy (non-hydrogen) atoms. The molecule has 0 radical (unpaired) electrons. The maximum atomic E-state index is 12.4. The van der Waals surface area contributed by atoms with Gasteiger partial charge in [-0.05, 0) is 24.6 Å². The van der Waals surface area contributed by atoms with Crippen LogP contribution in [0.3, 0.4) is 0 Å². The van der Waals surface area contributed by atoms with Gasteiger partial charge in [-0.3, -0.25) is 0 Å². The molecule has 1 heterocycles. The third-order valence-corrected chi connectivity index (χ3v) is 4.82. The van der Waals surface area contributed by atoms with Crippen molar-refractivity contribution in [1.82, 2.24) is 19.5 Å². The third kappa shape index (κ3) is 3.26. The Morgan fingerprint density at radius 2 is 2.14 bits per heavy atom. The quantitative estimate of drug-likeness (QED) is 0.834. The van der Waals surface area contributed by atoms with Crippen molar-refractivity contribution in [2.45, 2.75) is 18.4 Å². The summed E-state index contributed by atoms with van der Waals surface area (Å²) >= 11 is 5.82. The number of carbonyl (C=O) groups is 1. The topological polar surface area (TPSA) is 114 Å². The van der Waals surface area contributed by atoms with Crippen LogP contribution in [-0.2, 0) is 23.6 Å². The molecule has 0 aliphatic heterocycles. The van der Waals surface area contributed by atoms with Gasteiger partial charge in [0.15, 0.2) is 0 Å². The van der Waals surface area contributed by atoms with Gasteiger partial charge in [0.1, 0.15) is 12.2 Å². The van der Waals surface area contributed by atoms with Gasteiger partial charge in [0, 0.05) is 12.1 Å². The summed E-state index contributed by atoms with van der Waals surface area (Å²) in [5.74, 6) is -0.827. The summed E-state index contributed by atoms with van der Waals surface area (Å²) in [4.78, 5) is 11.0. The Hall–Kier alpha value is -1.97. The van der Waals surface area contributed by atoms with E-state index in [4.69, 9.17) is 16.7 Å². The molecular weight excluding hydrogens is 332 g/mol. The van der Waals surface area contributed by atoms with E-state index in [-0.39, 0.29) is 27.6 Å². The zero-order chi connectivity index (χ0) is 16.5. The molecule has 1 aromatic heterocycles. The fourth-order valence-electron chi connectivity index (χ4n) is 1.86. The van der Waals surface area contributed by atoms with Crippen molar-refractivity contribution in [3.63, 3.8) is 0 Å². The first-order valence-corrected chi connectivity index (χ1v) is 7.94. The summed E-state index contributed by atoms with van der Waals surface area (Å²) < 4.78 is 28.6. The van der Waals surface area contributed by atoms with Crippen LogP contribution in [0.5, 0.6) is 0 Å². The van der Waals surface area contributed by atoms with Crippen LogP contribution < -0.4 is 4.72 Å². The third-order valence-electron chi connectivity index (χ3n) is 3.07. The summed E-state index contributed by atoms with van der Waals surface area (Å²) in [6.07, 6.45) is 1.44. The molecule has 0 saturated heterocycles. The van der Waals surface area contributed by atoms with Crippen molar-refractivity contribution >= 4 is 27.6 Å². The molecular formula is C12H13ClN4O4S. The van der Waals surface area contributed by atoms with E-state index in [1.54, 1.807) is 11.6 Å². The standard InChI is InChI=1S/C12H13ClN4O4S/c1-7-9(12(18)19)3-8(13)4-10(7)22(20,21)15-5-11-16-14-6-17(11)2/h3-4,6,15H,5H2,1-2H3,(H,18,19). The summed E-state index contributed by atoms with van der Waals surface area (Å²) in [7, 11) is -2.26. The van der Waals surface area contributed by atoms with Gasteiger partial charge < -0.3 is 9.67 Å². The van der Waals surface area contributed by atoms with Crippen molar-refractivity contribution in [1.29, 1.82) is 0 Å². The number of rotatable bonds is 5. The number of aryl methyl sites for hydroxylation is 1. The largest absolute Gasteiger partial charge is 0.478 e. The number of carboxylic acid groups (broad SMARTS) is 1. The molecule has 0 unspecified atom stereocenters. The van der Waals surface area contributed by atoms with Crippen molar-refractivity contribution in [2.24, 2.45) is 7.05 Å². The van der Waals surface area contributed by atoms with Crippen molar-refractivity contribution in [2.75, 3.05) is 0 Å². The van der Waals surface area contributed by atoms with Crippen LogP contribution in [0.1, 0.15) is 21.7 Å². The van der Waals surface area contributed by atoms with E-state index >= 15 is 0 Å². The lowest BCUT2D eigenvalue weighted by molar-refractivity contribution is 0.0696. The number of hydrogen-bond donors (Lipinski definition) is 2. The van der Waals surface area contributed by atoms with E-state index < -0.39 is 16.0 Å². The van der Waals surface area contributed by atoms with Crippen LogP contribution >= 0.6 is 11.6 Å². The Morgan fingerprint density at radius 3 is 2.68 bits per heavy atom. The molecule has 2 aromatic rings. The van der Waals surface area contributed by atoms with Gasteiger partial charge in [0.05, 0.1) is 17.0 Å². The lowest BCUT2D eigenvalue weighted by Crippen LogP contribution is -2.26. The zero-order valence-corrected chi connectivity index (χ0v) is 13.3. The van der Waals surface area contributed by atoms with E-state index in [2.05, 4.69) is 14.9 Å². The highest BCUT2D eigenvalue weighted by Gasteiger charge is 2.22. The number of aromatic nitrogens is 3. The van der Waals surface area contributed by atoms with Crippen LogP contribution in [-0.4, -0.2) is 34.3 Å². The number of hydrogen-bond acceptors (Lipinski definition) is 5. The van der Waals surface area contributed by atoms with Gasteiger partial charge in [-0.15, -0.1) is 10.2 Å². The number of nitrogens with one attached hydrogen (secondary N) is 1. The second kappa shape index (κ2) is 6.03. The van der Waals surface area contributed by atoms with Crippen LogP contribution in [0.2, 0.25) is 5.02 Å². The lowest BCUT2D eigenvalue weighted by atomic mass is 10.1. The van der Waals surface area contributed by atoms with Gasteiger partial charge >= 0.3 is 5.97 Å². The summed E-state index contributed by atoms with van der Waals surface area (Å²) in [6, 6.07) is 2.42. The Kier molecular flexibility index (Phi) is 4.50. The summed E-state index contributed by atoms with van der Waals surface area (Å²) in [5.41, 5.74) is -0.0473. The normalized spacial score (nSPS) is 11.6. The van der Waals surface area contributed by atoms with Gasteiger partial charge in [-0.1, -0.05) is 11.6 Å². The Morgan fingerprint density at radius 1 is 1.45 bits per heavy atom. The van der Waals surface area contributed by atoms with Crippen LogP contribution in [0.25, 0.3) is 0 Å². The lowest BCUT2D eigenvalue weighted by Gasteiger charge is -2.11. The Bertz CT molecular complexity index is 832. The molecule has 0 aliphatic carbocycles. The summed E-state index contributed by atoms with van der Waals surface area (Å²) in [5, 5.41) is 16.5. The molecule has 118 valence electrons. The molecule has 2 rings (SSSR count). The molecule has 2 N–H and O–H groups in total. The molecule has 0 bridgehead atoms. The fourth-order valence-corrected chi connectivity index (χ4v) is 3.41. The van der Waals surface area contributed by atoms with Gasteiger partial charge in [0.2, 0.25) is 10.0 Å². The molecule has 10 heteroatoms. The first-order chi connectivity index (χ1) is 10.2. The number of nitrogens with zero attached hydrogens (tertiary/aromatic N) is 3. The van der Waals surface area contributed by atoms with E-state index in [9.17, 15) is 13.2 Å². The average molecular weight is 345 g/mol. The monoisotopic (exact) mass is 344 g/mol. The molecule has 0 atom stereocenters. The van der Waals surface area contributed by atoms with Crippen molar-refractivity contribution < 1.29 is 18.3 Å². The highest BCUT2D eigenvalue weighted by molar-refractivity contribution is 7.89. The molecule has 8 nitrogen and oxygen atoms in total. The maximum absolute atomic E-state index is 12.4. The van der Waals surface area contributed by atoms with Gasteiger partial charge in [-0.25, -0.2) is 17.9 Å². The highest BCUT2D eigenvalue weighted by atomic mass is 35.5. The predicted octanol–water partition coefficient (Wildman–Crippen LogP) is 0.954. The predicted molar refractivity (Wildman–Crippen MR) is 78.2 cm³/mol. The van der Waals surface area contributed by atoms with Gasteiger partial charge in [0.25, 0.3) is 0 Å². The fraction of sp³-hybridized carbons (Fsp3) is 0.250. The Labute approximate surface area is 131 Å². The minimum Gasteiger partial charge on any atom is -0.478 e. The minimum atomic E-state index is -3.94. The molecule has 0 saturated carbocycles. The second-order valence-corrected chi connectivity index (χ2v) is 6.74. The average Bonchev–Trinajstić information content (AvgIpc) is 2.84. The Balaban J connectivity index is 2.37. The molecule has 0 spiro atoms. The van der Waals surface area contributed by atoms with Crippen molar-refractivity contribution in [3.8, 4) is 0 Å².